The van der Waals surface area contributed by atoms with Crippen LogP contribution in [0.25, 0.3) is 0 Å². The van der Waals surface area contributed by atoms with Gasteiger partial charge in [0.25, 0.3) is 0 Å². The molecule has 2 unspecified atom stereocenters. The summed E-state index contributed by atoms with van der Waals surface area (Å²) in [5, 5.41) is 4.28. The van der Waals surface area contributed by atoms with Crippen molar-refractivity contribution in [3.05, 3.63) is 34.9 Å². The first-order chi connectivity index (χ1) is 9.70. The third kappa shape index (κ3) is 5.06. The van der Waals surface area contributed by atoms with Gasteiger partial charge < -0.3 is 14.8 Å². The molecule has 0 bridgehead atoms. The van der Waals surface area contributed by atoms with Crippen LogP contribution in [0.5, 0.6) is 0 Å². The minimum absolute atomic E-state index is 0.0280. The summed E-state index contributed by atoms with van der Waals surface area (Å²) in [7, 11) is 0. The Morgan fingerprint density at radius 2 is 2.10 bits per heavy atom. The van der Waals surface area contributed by atoms with Gasteiger partial charge in [-0.15, -0.1) is 0 Å². The molecule has 0 aliphatic heterocycles. The van der Waals surface area contributed by atoms with Crippen LogP contribution >= 0.6 is 11.6 Å². The summed E-state index contributed by atoms with van der Waals surface area (Å²) in [6.07, 6.45) is 2.56. The Bertz CT molecular complexity index is 409. The van der Waals surface area contributed by atoms with E-state index in [1.165, 1.54) is 12.8 Å². The van der Waals surface area contributed by atoms with Gasteiger partial charge in [-0.3, -0.25) is 0 Å². The highest BCUT2D eigenvalue weighted by Gasteiger charge is 2.24. The number of hydrogen-bond acceptors (Lipinski definition) is 3. The maximum Gasteiger partial charge on any atom is 0.0968 e. The third-order valence-electron chi connectivity index (χ3n) is 3.37. The van der Waals surface area contributed by atoms with Crippen LogP contribution in [0.2, 0.25) is 5.02 Å². The van der Waals surface area contributed by atoms with Gasteiger partial charge in [0.15, 0.2) is 0 Å². The molecule has 0 amide bonds. The van der Waals surface area contributed by atoms with Crippen molar-refractivity contribution in [1.29, 1.82) is 0 Å². The lowest BCUT2D eigenvalue weighted by Gasteiger charge is -2.24. The summed E-state index contributed by atoms with van der Waals surface area (Å²) in [6.45, 7) is 6.15. The molecule has 1 aromatic carbocycles. The second-order valence-corrected chi connectivity index (χ2v) is 5.71. The summed E-state index contributed by atoms with van der Waals surface area (Å²) in [4.78, 5) is 0. The van der Waals surface area contributed by atoms with E-state index in [0.29, 0.717) is 19.3 Å². The average molecular weight is 298 g/mol. The second kappa shape index (κ2) is 7.99. The van der Waals surface area contributed by atoms with Gasteiger partial charge in [0, 0.05) is 29.8 Å². The molecule has 1 aliphatic rings. The number of halogens is 1. The van der Waals surface area contributed by atoms with Gasteiger partial charge in [-0.25, -0.2) is 0 Å². The average Bonchev–Trinajstić information content (AvgIpc) is 3.26. The van der Waals surface area contributed by atoms with E-state index in [1.54, 1.807) is 0 Å². The van der Waals surface area contributed by atoms with Crippen molar-refractivity contribution in [1.82, 2.24) is 5.32 Å². The zero-order valence-corrected chi connectivity index (χ0v) is 13.0. The van der Waals surface area contributed by atoms with Crippen molar-refractivity contribution in [2.24, 2.45) is 0 Å². The van der Waals surface area contributed by atoms with Crippen molar-refractivity contribution in [3.63, 3.8) is 0 Å². The first kappa shape index (κ1) is 15.8. The molecule has 20 heavy (non-hydrogen) atoms. The van der Waals surface area contributed by atoms with Crippen molar-refractivity contribution in [3.8, 4) is 0 Å². The second-order valence-electron chi connectivity index (χ2n) is 5.30. The molecular weight excluding hydrogens is 274 g/mol. The minimum Gasteiger partial charge on any atom is -0.379 e. The smallest absolute Gasteiger partial charge is 0.0968 e. The third-order valence-corrected chi connectivity index (χ3v) is 3.72. The lowest BCUT2D eigenvalue weighted by atomic mass is 10.1. The van der Waals surface area contributed by atoms with Gasteiger partial charge in [0.05, 0.1) is 18.8 Å². The highest BCUT2D eigenvalue weighted by Crippen LogP contribution is 2.27. The molecule has 2 atom stereocenters. The van der Waals surface area contributed by atoms with Crippen LogP contribution in [0.3, 0.4) is 0 Å². The lowest BCUT2D eigenvalue weighted by molar-refractivity contribution is -0.0470. The van der Waals surface area contributed by atoms with Crippen LogP contribution < -0.4 is 5.32 Å². The Kier molecular flexibility index (Phi) is 6.30. The molecule has 0 saturated heterocycles. The molecule has 112 valence electrons. The zero-order chi connectivity index (χ0) is 14.4. The fourth-order valence-corrected chi connectivity index (χ4v) is 2.39. The first-order valence-corrected chi connectivity index (χ1v) is 7.79. The molecule has 1 fully saturated rings. The topological polar surface area (TPSA) is 30.5 Å². The molecule has 0 aromatic heterocycles. The highest BCUT2D eigenvalue weighted by molar-refractivity contribution is 6.31. The van der Waals surface area contributed by atoms with Crippen LogP contribution in [0.4, 0.5) is 0 Å². The Balaban J connectivity index is 1.97. The van der Waals surface area contributed by atoms with Crippen molar-refractivity contribution in [2.75, 3.05) is 19.8 Å². The van der Waals surface area contributed by atoms with Crippen LogP contribution in [-0.4, -0.2) is 31.9 Å². The van der Waals surface area contributed by atoms with Gasteiger partial charge in [0.2, 0.25) is 0 Å². The molecule has 0 heterocycles. The van der Waals surface area contributed by atoms with Crippen LogP contribution in [0.15, 0.2) is 24.3 Å². The van der Waals surface area contributed by atoms with E-state index in [4.69, 9.17) is 21.1 Å². The number of nitrogens with one attached hydrogen (secondary N) is 1. The maximum atomic E-state index is 6.30. The fraction of sp³-hybridized carbons (Fsp3) is 0.625. The van der Waals surface area contributed by atoms with Gasteiger partial charge in [-0.1, -0.05) is 29.8 Å². The first-order valence-electron chi connectivity index (χ1n) is 7.41. The minimum atomic E-state index is -0.0280. The summed E-state index contributed by atoms with van der Waals surface area (Å²) in [5.74, 6) is 0. The molecule has 1 aliphatic carbocycles. The molecule has 3 nitrogen and oxygen atoms in total. The van der Waals surface area contributed by atoms with Gasteiger partial charge in [-0.2, -0.15) is 0 Å². The Morgan fingerprint density at radius 3 is 2.75 bits per heavy atom. The molecule has 0 radical (unpaired) electrons. The van der Waals surface area contributed by atoms with Crippen molar-refractivity contribution in [2.45, 2.75) is 44.9 Å². The Labute approximate surface area is 126 Å². The van der Waals surface area contributed by atoms with E-state index in [0.717, 1.165) is 17.1 Å². The molecule has 1 aromatic rings. The molecular formula is C16H24ClNO2. The van der Waals surface area contributed by atoms with Gasteiger partial charge in [0.1, 0.15) is 0 Å². The lowest BCUT2D eigenvalue weighted by Crippen LogP contribution is -2.29. The van der Waals surface area contributed by atoms with Gasteiger partial charge >= 0.3 is 0 Å². The maximum absolute atomic E-state index is 6.30. The quantitative estimate of drug-likeness (QED) is 0.756. The standard InChI is InChI=1S/C16H24ClNO2/c1-3-19-11-12(2)20-16(10-18-13-8-9-13)14-6-4-5-7-15(14)17/h4-7,12-13,16,18H,3,8-11H2,1-2H3. The van der Waals surface area contributed by atoms with Crippen LogP contribution in [0, 0.1) is 0 Å². The number of ether oxygens (including phenoxy) is 2. The monoisotopic (exact) mass is 297 g/mol. The van der Waals surface area contributed by atoms with Gasteiger partial charge in [-0.05, 0) is 32.8 Å². The van der Waals surface area contributed by atoms with Crippen LogP contribution in [-0.2, 0) is 9.47 Å². The van der Waals surface area contributed by atoms with Crippen LogP contribution in [0.1, 0.15) is 38.4 Å². The molecule has 1 N–H and O–H groups in total. The highest BCUT2D eigenvalue weighted by atomic mass is 35.5. The van der Waals surface area contributed by atoms with E-state index in [2.05, 4.69) is 5.32 Å². The molecule has 1 saturated carbocycles. The number of hydrogen-bond donors (Lipinski definition) is 1. The summed E-state index contributed by atoms with van der Waals surface area (Å²) in [5.41, 5.74) is 1.05. The van der Waals surface area contributed by atoms with Crippen molar-refractivity contribution >= 4 is 11.6 Å². The number of benzene rings is 1. The summed E-state index contributed by atoms with van der Waals surface area (Å²) >= 11 is 6.30. The summed E-state index contributed by atoms with van der Waals surface area (Å²) < 4.78 is 11.5. The molecule has 2 rings (SSSR count). The van der Waals surface area contributed by atoms with Crippen molar-refractivity contribution < 1.29 is 9.47 Å². The molecule has 0 spiro atoms. The van der Waals surface area contributed by atoms with E-state index in [9.17, 15) is 0 Å². The summed E-state index contributed by atoms with van der Waals surface area (Å²) in [6, 6.07) is 8.56. The normalized spacial score (nSPS) is 17.9. The Morgan fingerprint density at radius 1 is 1.35 bits per heavy atom. The van der Waals surface area contributed by atoms with E-state index < -0.39 is 0 Å². The zero-order valence-electron chi connectivity index (χ0n) is 12.3. The van der Waals surface area contributed by atoms with E-state index in [-0.39, 0.29) is 12.2 Å². The fourth-order valence-electron chi connectivity index (χ4n) is 2.13. The largest absolute Gasteiger partial charge is 0.379 e. The van der Waals surface area contributed by atoms with E-state index in [1.807, 2.05) is 38.1 Å². The predicted molar refractivity (Wildman–Crippen MR) is 82.3 cm³/mol. The van der Waals surface area contributed by atoms with E-state index >= 15 is 0 Å². The predicted octanol–water partition coefficient (Wildman–Crippen LogP) is 3.57. The Hall–Kier alpha value is -0.610. The number of rotatable bonds is 9. The molecule has 4 heteroatoms. The SMILES string of the molecule is CCOCC(C)OC(CNC1CC1)c1ccccc1Cl.